The summed E-state index contributed by atoms with van der Waals surface area (Å²) >= 11 is 1.85. The van der Waals surface area contributed by atoms with E-state index in [1.54, 1.807) is 0 Å². The van der Waals surface area contributed by atoms with Crippen LogP contribution in [-0.4, -0.2) is 47.3 Å². The van der Waals surface area contributed by atoms with E-state index in [0.29, 0.717) is 12.0 Å². The average molecular weight is 326 g/mol. The number of nitrogens with one attached hydrogen (secondary N) is 1. The summed E-state index contributed by atoms with van der Waals surface area (Å²) in [6.45, 7) is 13.0. The van der Waals surface area contributed by atoms with Gasteiger partial charge >= 0.3 is 0 Å². The van der Waals surface area contributed by atoms with Gasteiger partial charge in [-0.3, -0.25) is 0 Å². The number of thiazole rings is 1. The minimum Gasteiger partial charge on any atom is -0.393 e. The normalized spacial score (nSPS) is 19.0. The summed E-state index contributed by atoms with van der Waals surface area (Å²) in [5, 5.41) is 14.4. The molecule has 0 spiro atoms. The van der Waals surface area contributed by atoms with E-state index in [0.717, 1.165) is 45.4 Å². The van der Waals surface area contributed by atoms with Crippen LogP contribution in [0.2, 0.25) is 0 Å². The molecule has 2 heterocycles. The topological polar surface area (TPSA) is 48.4 Å². The van der Waals surface area contributed by atoms with E-state index in [-0.39, 0.29) is 6.10 Å². The van der Waals surface area contributed by atoms with E-state index >= 15 is 0 Å². The number of rotatable bonds is 7. The first kappa shape index (κ1) is 17.9. The molecule has 1 aliphatic heterocycles. The van der Waals surface area contributed by atoms with Gasteiger partial charge in [0, 0.05) is 29.9 Å². The Balaban J connectivity index is 1.70. The Morgan fingerprint density at radius 3 is 2.59 bits per heavy atom. The Hall–Kier alpha value is -0.490. The number of nitrogens with zero attached hydrogens (tertiary/aromatic N) is 2. The van der Waals surface area contributed by atoms with Gasteiger partial charge in [-0.25, -0.2) is 4.98 Å². The van der Waals surface area contributed by atoms with Gasteiger partial charge in [-0.1, -0.05) is 13.8 Å². The predicted molar refractivity (Wildman–Crippen MR) is 93.7 cm³/mol. The number of piperidine rings is 1. The third kappa shape index (κ3) is 5.01. The van der Waals surface area contributed by atoms with E-state index in [4.69, 9.17) is 0 Å². The molecule has 22 heavy (non-hydrogen) atoms. The lowest BCUT2D eigenvalue weighted by atomic mass is 10.1. The molecular weight excluding hydrogens is 294 g/mol. The average Bonchev–Trinajstić information content (AvgIpc) is 2.87. The molecule has 1 saturated heterocycles. The molecule has 4 nitrogen and oxygen atoms in total. The van der Waals surface area contributed by atoms with Crippen LogP contribution < -0.4 is 5.32 Å². The van der Waals surface area contributed by atoms with Crippen molar-refractivity contribution in [1.29, 1.82) is 0 Å². The SMILES string of the molecule is Cc1nc(C(C)C)sc1C(C)NCCCN1CCC(O)CC1. The summed E-state index contributed by atoms with van der Waals surface area (Å²) in [5.41, 5.74) is 1.18. The second kappa shape index (κ2) is 8.39. The molecule has 0 aliphatic carbocycles. The first-order chi connectivity index (χ1) is 10.5. The summed E-state index contributed by atoms with van der Waals surface area (Å²) in [7, 11) is 0. The molecule has 0 bridgehead atoms. The van der Waals surface area contributed by atoms with Crippen molar-refractivity contribution < 1.29 is 5.11 Å². The first-order valence-electron chi connectivity index (χ1n) is 8.58. The van der Waals surface area contributed by atoms with E-state index in [1.807, 2.05) is 11.3 Å². The monoisotopic (exact) mass is 325 g/mol. The molecular formula is C17H31N3OS. The van der Waals surface area contributed by atoms with Crippen molar-refractivity contribution in [2.45, 2.75) is 65.0 Å². The first-order valence-corrected chi connectivity index (χ1v) is 9.40. The zero-order valence-corrected chi connectivity index (χ0v) is 15.2. The number of aliphatic hydroxyl groups excluding tert-OH is 1. The minimum atomic E-state index is -0.0705. The maximum Gasteiger partial charge on any atom is 0.0956 e. The largest absolute Gasteiger partial charge is 0.393 e. The quantitative estimate of drug-likeness (QED) is 0.757. The number of aliphatic hydroxyl groups is 1. The number of hydrogen-bond donors (Lipinski definition) is 2. The third-order valence-electron chi connectivity index (χ3n) is 4.39. The summed E-state index contributed by atoms with van der Waals surface area (Å²) in [6, 6.07) is 0.383. The van der Waals surface area contributed by atoms with Crippen LogP contribution in [0.15, 0.2) is 0 Å². The molecule has 1 unspecified atom stereocenters. The van der Waals surface area contributed by atoms with Gasteiger partial charge in [-0.15, -0.1) is 11.3 Å². The Kier molecular flexibility index (Phi) is 6.81. The van der Waals surface area contributed by atoms with Crippen LogP contribution in [0.1, 0.15) is 67.6 Å². The lowest BCUT2D eigenvalue weighted by Crippen LogP contribution is -2.37. The summed E-state index contributed by atoms with van der Waals surface area (Å²) < 4.78 is 0. The van der Waals surface area contributed by atoms with E-state index in [2.05, 4.69) is 42.9 Å². The maximum absolute atomic E-state index is 9.52. The number of likely N-dealkylation sites (tertiary alicyclic amines) is 1. The van der Waals surface area contributed by atoms with E-state index in [9.17, 15) is 5.11 Å². The molecule has 1 aromatic rings. The summed E-state index contributed by atoms with van der Waals surface area (Å²) in [5.74, 6) is 0.513. The Bertz CT molecular complexity index is 453. The fraction of sp³-hybridized carbons (Fsp3) is 0.824. The molecule has 2 N–H and O–H groups in total. The van der Waals surface area contributed by atoms with Crippen LogP contribution >= 0.6 is 11.3 Å². The fourth-order valence-corrected chi connectivity index (χ4v) is 4.03. The van der Waals surface area contributed by atoms with E-state index in [1.165, 1.54) is 15.6 Å². The van der Waals surface area contributed by atoms with Gasteiger partial charge < -0.3 is 15.3 Å². The zero-order chi connectivity index (χ0) is 16.1. The van der Waals surface area contributed by atoms with Crippen LogP contribution in [0.3, 0.4) is 0 Å². The molecule has 126 valence electrons. The Labute approximate surface area is 138 Å². The van der Waals surface area contributed by atoms with Crippen molar-refractivity contribution in [1.82, 2.24) is 15.2 Å². The highest BCUT2D eigenvalue weighted by Crippen LogP contribution is 2.29. The Morgan fingerprint density at radius 1 is 1.32 bits per heavy atom. The highest BCUT2D eigenvalue weighted by Gasteiger charge is 2.17. The second-order valence-corrected chi connectivity index (χ2v) is 7.82. The number of aryl methyl sites for hydroxylation is 1. The highest BCUT2D eigenvalue weighted by atomic mass is 32.1. The standard InChI is InChI=1S/C17H31N3OS/c1-12(2)17-19-14(4)16(22-17)13(3)18-8-5-9-20-10-6-15(21)7-11-20/h12-13,15,18,21H,5-11H2,1-4H3. The fourth-order valence-electron chi connectivity index (χ4n) is 2.94. The number of hydrogen-bond acceptors (Lipinski definition) is 5. The summed E-state index contributed by atoms with van der Waals surface area (Å²) in [4.78, 5) is 8.53. The van der Waals surface area contributed by atoms with Gasteiger partial charge in [0.2, 0.25) is 0 Å². The highest BCUT2D eigenvalue weighted by molar-refractivity contribution is 7.11. The van der Waals surface area contributed by atoms with Gasteiger partial charge in [-0.05, 0) is 46.2 Å². The zero-order valence-electron chi connectivity index (χ0n) is 14.4. The second-order valence-electron chi connectivity index (χ2n) is 6.76. The van der Waals surface area contributed by atoms with Crippen LogP contribution in [-0.2, 0) is 0 Å². The molecule has 5 heteroatoms. The molecule has 2 rings (SSSR count). The van der Waals surface area contributed by atoms with Crippen molar-refractivity contribution >= 4 is 11.3 Å². The van der Waals surface area contributed by atoms with Gasteiger partial charge in [-0.2, -0.15) is 0 Å². The van der Waals surface area contributed by atoms with Gasteiger partial charge in [0.25, 0.3) is 0 Å². The minimum absolute atomic E-state index is 0.0705. The van der Waals surface area contributed by atoms with E-state index < -0.39 is 0 Å². The third-order valence-corrected chi connectivity index (χ3v) is 6.04. The maximum atomic E-state index is 9.52. The van der Waals surface area contributed by atoms with Gasteiger partial charge in [0.1, 0.15) is 0 Å². The molecule has 1 atom stereocenters. The molecule has 0 amide bonds. The van der Waals surface area contributed by atoms with Crippen molar-refractivity contribution in [3.8, 4) is 0 Å². The molecule has 0 saturated carbocycles. The van der Waals surface area contributed by atoms with Crippen molar-refractivity contribution in [2.75, 3.05) is 26.2 Å². The predicted octanol–water partition coefficient (Wildman–Crippen LogP) is 3.07. The Morgan fingerprint density at radius 2 is 2.00 bits per heavy atom. The van der Waals surface area contributed by atoms with Crippen molar-refractivity contribution in [3.05, 3.63) is 15.6 Å². The molecule has 1 aliphatic rings. The molecule has 0 radical (unpaired) electrons. The molecule has 1 fully saturated rings. The molecule has 0 aromatic carbocycles. The van der Waals surface area contributed by atoms with Gasteiger partial charge in [0.15, 0.2) is 0 Å². The van der Waals surface area contributed by atoms with Crippen LogP contribution in [0.5, 0.6) is 0 Å². The lowest BCUT2D eigenvalue weighted by Gasteiger charge is -2.29. The number of aromatic nitrogens is 1. The van der Waals surface area contributed by atoms with Crippen LogP contribution in [0, 0.1) is 6.92 Å². The van der Waals surface area contributed by atoms with Crippen molar-refractivity contribution in [3.63, 3.8) is 0 Å². The van der Waals surface area contributed by atoms with Crippen LogP contribution in [0.4, 0.5) is 0 Å². The van der Waals surface area contributed by atoms with Crippen LogP contribution in [0.25, 0.3) is 0 Å². The summed E-state index contributed by atoms with van der Waals surface area (Å²) in [6.07, 6.45) is 2.96. The smallest absolute Gasteiger partial charge is 0.0956 e. The van der Waals surface area contributed by atoms with Crippen molar-refractivity contribution in [2.24, 2.45) is 0 Å². The van der Waals surface area contributed by atoms with Gasteiger partial charge in [0.05, 0.1) is 16.8 Å². The lowest BCUT2D eigenvalue weighted by molar-refractivity contribution is 0.0820. The molecule has 1 aromatic heterocycles.